The number of nitrogens with one attached hydrogen (secondary N) is 1. The van der Waals surface area contributed by atoms with Crippen LogP contribution in [0.2, 0.25) is 0 Å². The van der Waals surface area contributed by atoms with Crippen molar-refractivity contribution in [3.63, 3.8) is 0 Å². The Morgan fingerprint density at radius 3 is 2.48 bits per heavy atom. The molecule has 122 valence electrons. The lowest BCUT2D eigenvalue weighted by Gasteiger charge is -2.18. The summed E-state index contributed by atoms with van der Waals surface area (Å²) in [5.74, 6) is 1.45. The van der Waals surface area contributed by atoms with Gasteiger partial charge in [0.15, 0.2) is 0 Å². The van der Waals surface area contributed by atoms with Crippen LogP contribution in [-0.4, -0.2) is 20.1 Å². The van der Waals surface area contributed by atoms with Gasteiger partial charge in [-0.2, -0.15) is 0 Å². The molecule has 0 heterocycles. The molecule has 4 heteroatoms. The molecule has 0 aromatic heterocycles. The second-order valence-electron chi connectivity index (χ2n) is 5.52. The third kappa shape index (κ3) is 4.25. The van der Waals surface area contributed by atoms with E-state index in [0.29, 0.717) is 0 Å². The molecule has 0 fully saturated rings. The molecule has 0 bridgehead atoms. The van der Waals surface area contributed by atoms with Crippen molar-refractivity contribution < 1.29 is 14.3 Å². The molecular weight excluding hydrogens is 290 g/mol. The van der Waals surface area contributed by atoms with Gasteiger partial charge in [0.05, 0.1) is 26.7 Å². The third-order valence-electron chi connectivity index (χ3n) is 3.77. The molecule has 2 aromatic rings. The average Bonchev–Trinajstić information content (AvgIpc) is 2.55. The van der Waals surface area contributed by atoms with Crippen LogP contribution in [0.1, 0.15) is 29.7 Å². The second kappa shape index (κ2) is 7.68. The molecule has 23 heavy (non-hydrogen) atoms. The van der Waals surface area contributed by atoms with Crippen LogP contribution in [0.15, 0.2) is 42.5 Å². The highest BCUT2D eigenvalue weighted by Gasteiger charge is 2.15. The molecule has 0 aliphatic carbocycles. The van der Waals surface area contributed by atoms with Crippen LogP contribution >= 0.6 is 0 Å². The Kier molecular flexibility index (Phi) is 5.63. The van der Waals surface area contributed by atoms with Crippen LogP contribution < -0.4 is 14.8 Å². The van der Waals surface area contributed by atoms with E-state index in [-0.39, 0.29) is 18.4 Å². The topological polar surface area (TPSA) is 47.6 Å². The van der Waals surface area contributed by atoms with Gasteiger partial charge in [0, 0.05) is 11.1 Å². The number of benzene rings is 2. The van der Waals surface area contributed by atoms with Crippen molar-refractivity contribution in [2.24, 2.45) is 0 Å². The molecule has 2 rings (SSSR count). The zero-order valence-electron chi connectivity index (χ0n) is 14.1. The molecule has 0 spiro atoms. The van der Waals surface area contributed by atoms with Crippen molar-refractivity contribution in [1.82, 2.24) is 5.32 Å². The van der Waals surface area contributed by atoms with Crippen molar-refractivity contribution >= 4 is 5.91 Å². The summed E-state index contributed by atoms with van der Waals surface area (Å²) < 4.78 is 10.7. The summed E-state index contributed by atoms with van der Waals surface area (Å²) in [6.07, 6.45) is 0.280. The lowest BCUT2D eigenvalue weighted by atomic mass is 10.0. The van der Waals surface area contributed by atoms with E-state index in [2.05, 4.69) is 5.32 Å². The van der Waals surface area contributed by atoms with Crippen LogP contribution in [-0.2, 0) is 11.2 Å². The summed E-state index contributed by atoms with van der Waals surface area (Å²) in [6, 6.07) is 13.4. The van der Waals surface area contributed by atoms with Gasteiger partial charge < -0.3 is 14.8 Å². The van der Waals surface area contributed by atoms with E-state index in [1.54, 1.807) is 14.2 Å². The Morgan fingerprint density at radius 2 is 1.78 bits per heavy atom. The van der Waals surface area contributed by atoms with E-state index in [9.17, 15) is 4.79 Å². The van der Waals surface area contributed by atoms with E-state index >= 15 is 0 Å². The van der Waals surface area contributed by atoms with Crippen LogP contribution in [0, 0.1) is 6.92 Å². The number of hydrogen-bond acceptors (Lipinski definition) is 3. The summed E-state index contributed by atoms with van der Waals surface area (Å²) >= 11 is 0. The highest BCUT2D eigenvalue weighted by molar-refractivity contribution is 5.79. The Bertz CT molecular complexity index is 682. The van der Waals surface area contributed by atoms with E-state index in [1.807, 2.05) is 56.3 Å². The van der Waals surface area contributed by atoms with Gasteiger partial charge in [0.2, 0.25) is 5.91 Å². The average molecular weight is 313 g/mol. The van der Waals surface area contributed by atoms with Gasteiger partial charge in [-0.3, -0.25) is 4.79 Å². The predicted molar refractivity (Wildman–Crippen MR) is 91.0 cm³/mol. The Hall–Kier alpha value is -2.49. The Balaban J connectivity index is 2.09. The molecule has 0 aliphatic heterocycles. The van der Waals surface area contributed by atoms with E-state index in [1.165, 1.54) is 0 Å². The Labute approximate surface area is 137 Å². The smallest absolute Gasteiger partial charge is 0.225 e. The summed E-state index contributed by atoms with van der Waals surface area (Å²) in [5.41, 5.74) is 2.98. The number of methoxy groups -OCH3 is 2. The molecule has 1 amide bonds. The monoisotopic (exact) mass is 313 g/mol. The fraction of sp³-hybridized carbons (Fsp3) is 0.316. The maximum Gasteiger partial charge on any atom is 0.225 e. The molecule has 4 nitrogen and oxygen atoms in total. The summed E-state index contributed by atoms with van der Waals surface area (Å²) in [6.45, 7) is 3.98. The molecule has 0 saturated heterocycles. The van der Waals surface area contributed by atoms with Gasteiger partial charge in [-0.15, -0.1) is 0 Å². The number of aryl methyl sites for hydroxylation is 1. The number of amides is 1. The first-order valence-electron chi connectivity index (χ1n) is 7.61. The minimum atomic E-state index is -0.132. The molecule has 1 atom stereocenters. The minimum Gasteiger partial charge on any atom is -0.496 e. The Morgan fingerprint density at radius 1 is 1.09 bits per heavy atom. The van der Waals surface area contributed by atoms with E-state index < -0.39 is 0 Å². The van der Waals surface area contributed by atoms with Crippen molar-refractivity contribution in [2.75, 3.05) is 14.2 Å². The second-order valence-corrected chi connectivity index (χ2v) is 5.52. The molecule has 0 saturated carbocycles. The first kappa shape index (κ1) is 16.9. The zero-order valence-corrected chi connectivity index (χ0v) is 14.1. The van der Waals surface area contributed by atoms with Crippen molar-refractivity contribution in [3.8, 4) is 11.5 Å². The van der Waals surface area contributed by atoms with E-state index in [4.69, 9.17) is 9.47 Å². The first-order chi connectivity index (χ1) is 11.0. The SMILES string of the molecule is COc1ccccc1CC(=O)NC(C)c1cc(C)ccc1OC. The number of ether oxygens (including phenoxy) is 2. The third-order valence-corrected chi connectivity index (χ3v) is 3.77. The summed E-state index contributed by atoms with van der Waals surface area (Å²) in [7, 11) is 3.24. The van der Waals surface area contributed by atoms with Gasteiger partial charge in [-0.1, -0.05) is 35.9 Å². The lowest BCUT2D eigenvalue weighted by Crippen LogP contribution is -2.28. The highest BCUT2D eigenvalue weighted by Crippen LogP contribution is 2.26. The van der Waals surface area contributed by atoms with Gasteiger partial charge >= 0.3 is 0 Å². The fourth-order valence-corrected chi connectivity index (χ4v) is 2.58. The number of carbonyl (C=O) groups excluding carboxylic acids is 1. The van der Waals surface area contributed by atoms with Gasteiger partial charge in [0.25, 0.3) is 0 Å². The number of hydrogen-bond donors (Lipinski definition) is 1. The predicted octanol–water partition coefficient (Wildman–Crippen LogP) is 3.43. The van der Waals surface area contributed by atoms with E-state index in [0.717, 1.165) is 28.2 Å². The normalized spacial score (nSPS) is 11.7. The molecule has 2 aromatic carbocycles. The summed E-state index contributed by atoms with van der Waals surface area (Å²) in [4.78, 5) is 12.3. The van der Waals surface area contributed by atoms with Gasteiger partial charge in [-0.25, -0.2) is 0 Å². The summed E-state index contributed by atoms with van der Waals surface area (Å²) in [5, 5.41) is 3.02. The quantitative estimate of drug-likeness (QED) is 0.889. The van der Waals surface area contributed by atoms with Gasteiger partial charge in [0.1, 0.15) is 11.5 Å². The minimum absolute atomic E-state index is 0.0504. The maximum atomic E-state index is 12.3. The maximum absolute atomic E-state index is 12.3. The number of rotatable bonds is 6. The van der Waals surface area contributed by atoms with Crippen molar-refractivity contribution in [2.45, 2.75) is 26.3 Å². The van der Waals surface area contributed by atoms with Crippen LogP contribution in [0.25, 0.3) is 0 Å². The largest absolute Gasteiger partial charge is 0.496 e. The van der Waals surface area contributed by atoms with Gasteiger partial charge in [-0.05, 0) is 26.0 Å². The van der Waals surface area contributed by atoms with Crippen LogP contribution in [0.4, 0.5) is 0 Å². The molecule has 0 aliphatic rings. The molecule has 1 N–H and O–H groups in total. The number of para-hydroxylation sites is 1. The molecular formula is C19H23NO3. The first-order valence-corrected chi connectivity index (χ1v) is 7.61. The lowest BCUT2D eigenvalue weighted by molar-refractivity contribution is -0.121. The highest BCUT2D eigenvalue weighted by atomic mass is 16.5. The van der Waals surface area contributed by atoms with Crippen LogP contribution in [0.5, 0.6) is 11.5 Å². The molecule has 0 radical (unpaired) electrons. The standard InChI is InChI=1S/C19H23NO3/c1-13-9-10-18(23-4)16(11-13)14(2)20-19(21)12-15-7-5-6-8-17(15)22-3/h5-11,14H,12H2,1-4H3,(H,20,21). The van der Waals surface area contributed by atoms with Crippen molar-refractivity contribution in [3.05, 3.63) is 59.2 Å². The fourth-order valence-electron chi connectivity index (χ4n) is 2.58. The van der Waals surface area contributed by atoms with Crippen molar-refractivity contribution in [1.29, 1.82) is 0 Å². The molecule has 1 unspecified atom stereocenters. The van der Waals surface area contributed by atoms with Crippen LogP contribution in [0.3, 0.4) is 0 Å². The zero-order chi connectivity index (χ0) is 16.8. The number of carbonyl (C=O) groups is 1.